The number of anilines is 1. The number of carbonyl (C=O) groups is 2. The van der Waals surface area contributed by atoms with Gasteiger partial charge in [0.15, 0.2) is 0 Å². The Morgan fingerprint density at radius 2 is 1.77 bits per heavy atom. The maximum atomic E-state index is 12.9. The van der Waals surface area contributed by atoms with Crippen LogP contribution in [0.1, 0.15) is 34.6 Å². The van der Waals surface area contributed by atoms with Gasteiger partial charge in [0.25, 0.3) is 11.8 Å². The van der Waals surface area contributed by atoms with E-state index in [2.05, 4.69) is 24.7 Å². The van der Waals surface area contributed by atoms with Crippen molar-refractivity contribution in [2.24, 2.45) is 0 Å². The van der Waals surface area contributed by atoms with E-state index in [9.17, 15) is 9.59 Å². The molecule has 0 radical (unpaired) electrons. The van der Waals surface area contributed by atoms with Crippen LogP contribution in [-0.4, -0.2) is 49.6 Å². The van der Waals surface area contributed by atoms with Crippen LogP contribution in [0.2, 0.25) is 0 Å². The third-order valence-corrected chi connectivity index (χ3v) is 4.72. The lowest BCUT2D eigenvalue weighted by Crippen LogP contribution is -2.42. The minimum Gasteiger partial charge on any atom is -0.372 e. The highest BCUT2D eigenvalue weighted by Crippen LogP contribution is 2.35. The van der Waals surface area contributed by atoms with Crippen LogP contribution in [0.25, 0.3) is 10.8 Å². The average Bonchev–Trinajstić information content (AvgIpc) is 2.67. The van der Waals surface area contributed by atoms with Gasteiger partial charge in [-0.05, 0) is 32.0 Å². The number of hydrogen-bond donors (Lipinski definition) is 0. The molecular formula is C21H22N2O3. The zero-order chi connectivity index (χ0) is 18.7. The molecular weight excluding hydrogens is 328 g/mol. The number of rotatable bonds is 7. The molecule has 134 valence electrons. The van der Waals surface area contributed by atoms with E-state index < -0.39 is 0 Å². The second-order valence-electron chi connectivity index (χ2n) is 6.05. The summed E-state index contributed by atoms with van der Waals surface area (Å²) in [5.74, 6) is 1.81. The number of benzene rings is 2. The van der Waals surface area contributed by atoms with Gasteiger partial charge < -0.3 is 9.64 Å². The van der Waals surface area contributed by atoms with Crippen molar-refractivity contribution in [3.8, 4) is 12.3 Å². The fourth-order valence-corrected chi connectivity index (χ4v) is 3.46. The Labute approximate surface area is 153 Å². The largest absolute Gasteiger partial charge is 0.372 e. The Kier molecular flexibility index (Phi) is 5.24. The number of imide groups is 1. The second kappa shape index (κ2) is 7.59. The van der Waals surface area contributed by atoms with Gasteiger partial charge in [-0.2, -0.15) is 0 Å². The minimum absolute atomic E-state index is 0.162. The van der Waals surface area contributed by atoms with Crippen molar-refractivity contribution in [1.82, 2.24) is 4.90 Å². The van der Waals surface area contributed by atoms with Gasteiger partial charge in [-0.1, -0.05) is 18.1 Å². The zero-order valence-electron chi connectivity index (χ0n) is 15.1. The van der Waals surface area contributed by atoms with E-state index in [1.807, 2.05) is 24.3 Å². The van der Waals surface area contributed by atoms with Crippen LogP contribution in [0, 0.1) is 12.3 Å². The molecule has 3 rings (SSSR count). The molecule has 0 fully saturated rings. The van der Waals surface area contributed by atoms with Gasteiger partial charge in [0.1, 0.15) is 6.61 Å². The predicted octanol–water partition coefficient (Wildman–Crippen LogP) is 2.93. The highest BCUT2D eigenvalue weighted by atomic mass is 16.5. The molecule has 1 heterocycles. The van der Waals surface area contributed by atoms with Crippen molar-refractivity contribution < 1.29 is 14.3 Å². The SMILES string of the molecule is C#CCOCCN1C(=O)c2cccc3c(N(CC)CC)ccc(c23)C1=O. The topological polar surface area (TPSA) is 49.9 Å². The molecule has 2 aromatic rings. The highest BCUT2D eigenvalue weighted by molar-refractivity contribution is 6.26. The molecule has 1 aliphatic rings. The Morgan fingerprint density at radius 3 is 2.42 bits per heavy atom. The molecule has 5 heteroatoms. The molecule has 0 saturated heterocycles. The van der Waals surface area contributed by atoms with Gasteiger partial charge in [0.2, 0.25) is 0 Å². The van der Waals surface area contributed by atoms with Gasteiger partial charge in [-0.3, -0.25) is 14.5 Å². The Balaban J connectivity index is 2.05. The molecule has 0 spiro atoms. The first-order valence-electron chi connectivity index (χ1n) is 8.82. The van der Waals surface area contributed by atoms with Crippen molar-refractivity contribution in [3.63, 3.8) is 0 Å². The quantitative estimate of drug-likeness (QED) is 0.438. The first kappa shape index (κ1) is 18.0. The summed E-state index contributed by atoms with van der Waals surface area (Å²) in [5, 5.41) is 1.68. The number of carbonyl (C=O) groups excluding carboxylic acids is 2. The molecule has 0 aromatic heterocycles. The fraction of sp³-hybridized carbons (Fsp3) is 0.333. The third-order valence-electron chi connectivity index (χ3n) is 4.72. The van der Waals surface area contributed by atoms with Crippen LogP contribution in [0.3, 0.4) is 0 Å². The normalized spacial score (nSPS) is 13.2. The molecule has 26 heavy (non-hydrogen) atoms. The first-order chi connectivity index (χ1) is 12.6. The van der Waals surface area contributed by atoms with Crippen LogP contribution in [0.15, 0.2) is 30.3 Å². The van der Waals surface area contributed by atoms with Crippen molar-refractivity contribution in [3.05, 3.63) is 41.5 Å². The summed E-state index contributed by atoms with van der Waals surface area (Å²) >= 11 is 0. The van der Waals surface area contributed by atoms with Gasteiger partial charge in [0, 0.05) is 40.7 Å². The van der Waals surface area contributed by atoms with Crippen LogP contribution in [-0.2, 0) is 4.74 Å². The molecule has 0 N–H and O–H groups in total. The van der Waals surface area contributed by atoms with E-state index in [0.717, 1.165) is 29.5 Å². The van der Waals surface area contributed by atoms with Crippen molar-refractivity contribution in [2.75, 3.05) is 37.7 Å². The van der Waals surface area contributed by atoms with E-state index in [0.29, 0.717) is 11.1 Å². The minimum atomic E-state index is -0.283. The number of amides is 2. The van der Waals surface area contributed by atoms with Gasteiger partial charge in [-0.25, -0.2) is 0 Å². The molecule has 0 unspecified atom stereocenters. The Morgan fingerprint density at radius 1 is 1.08 bits per heavy atom. The maximum absolute atomic E-state index is 12.9. The Bertz CT molecular complexity index is 872. The zero-order valence-corrected chi connectivity index (χ0v) is 15.1. The van der Waals surface area contributed by atoms with E-state index in [1.165, 1.54) is 4.90 Å². The number of ether oxygens (including phenoxy) is 1. The van der Waals surface area contributed by atoms with E-state index in [1.54, 1.807) is 6.07 Å². The lowest BCUT2D eigenvalue weighted by Gasteiger charge is -2.29. The van der Waals surface area contributed by atoms with Crippen molar-refractivity contribution in [2.45, 2.75) is 13.8 Å². The summed E-state index contributed by atoms with van der Waals surface area (Å²) in [6.45, 7) is 6.47. The fourth-order valence-electron chi connectivity index (χ4n) is 3.46. The van der Waals surface area contributed by atoms with E-state index in [-0.39, 0.29) is 31.6 Å². The van der Waals surface area contributed by atoms with Crippen LogP contribution >= 0.6 is 0 Å². The summed E-state index contributed by atoms with van der Waals surface area (Å²) < 4.78 is 5.23. The van der Waals surface area contributed by atoms with Gasteiger partial charge >= 0.3 is 0 Å². The Hall–Kier alpha value is -2.84. The maximum Gasteiger partial charge on any atom is 0.261 e. The third kappa shape index (κ3) is 2.93. The smallest absolute Gasteiger partial charge is 0.261 e. The lowest BCUT2D eigenvalue weighted by molar-refractivity contribution is 0.0545. The summed E-state index contributed by atoms with van der Waals surface area (Å²) in [6.07, 6.45) is 5.15. The molecule has 5 nitrogen and oxygen atoms in total. The second-order valence-corrected chi connectivity index (χ2v) is 6.05. The summed E-state index contributed by atoms with van der Waals surface area (Å²) in [5.41, 5.74) is 2.16. The molecule has 2 aromatic carbocycles. The predicted molar refractivity (Wildman–Crippen MR) is 103 cm³/mol. The summed E-state index contributed by atoms with van der Waals surface area (Å²) in [4.78, 5) is 29.2. The monoisotopic (exact) mass is 350 g/mol. The summed E-state index contributed by atoms with van der Waals surface area (Å²) in [7, 11) is 0. The van der Waals surface area contributed by atoms with Crippen molar-refractivity contribution >= 4 is 28.3 Å². The molecule has 0 bridgehead atoms. The molecule has 0 saturated carbocycles. The molecule has 0 aliphatic carbocycles. The molecule has 1 aliphatic heterocycles. The number of hydrogen-bond acceptors (Lipinski definition) is 4. The van der Waals surface area contributed by atoms with Crippen LogP contribution in [0.4, 0.5) is 5.69 Å². The average molecular weight is 350 g/mol. The van der Waals surface area contributed by atoms with Gasteiger partial charge in [-0.15, -0.1) is 6.42 Å². The van der Waals surface area contributed by atoms with Crippen LogP contribution < -0.4 is 4.90 Å². The summed E-state index contributed by atoms with van der Waals surface area (Å²) in [6, 6.07) is 9.41. The van der Waals surface area contributed by atoms with Crippen LogP contribution in [0.5, 0.6) is 0 Å². The first-order valence-corrected chi connectivity index (χ1v) is 8.82. The lowest BCUT2D eigenvalue weighted by atomic mass is 9.92. The van der Waals surface area contributed by atoms with Crippen molar-refractivity contribution in [1.29, 1.82) is 0 Å². The number of nitrogens with zero attached hydrogens (tertiary/aromatic N) is 2. The number of terminal acetylenes is 1. The molecule has 2 amide bonds. The molecule has 0 atom stereocenters. The highest BCUT2D eigenvalue weighted by Gasteiger charge is 2.33. The van der Waals surface area contributed by atoms with E-state index >= 15 is 0 Å². The van der Waals surface area contributed by atoms with E-state index in [4.69, 9.17) is 11.2 Å². The standard InChI is InChI=1S/C21H22N2O3/c1-4-13-26-14-12-23-20(24)16-9-7-8-15-18(22(5-2)6-3)11-10-17(19(15)16)21(23)25/h1,7-11H,5-6,12-14H2,2-3H3. The van der Waals surface area contributed by atoms with Gasteiger partial charge in [0.05, 0.1) is 13.2 Å².